The number of para-hydroxylation sites is 1. The fourth-order valence-corrected chi connectivity index (χ4v) is 2.10. The number of aromatic nitrogens is 2. The largest absolute Gasteiger partial charge is 0.424 e. The second-order valence-corrected chi connectivity index (χ2v) is 5.34. The highest BCUT2D eigenvalue weighted by Crippen LogP contribution is 2.28. The summed E-state index contributed by atoms with van der Waals surface area (Å²) in [6, 6.07) is 8.43. The first-order chi connectivity index (χ1) is 10.1. The Morgan fingerprint density at radius 1 is 1.24 bits per heavy atom. The second kappa shape index (κ2) is 7.18. The second-order valence-electron chi connectivity index (χ2n) is 5.34. The van der Waals surface area contributed by atoms with Crippen molar-refractivity contribution in [3.8, 4) is 11.8 Å². The summed E-state index contributed by atoms with van der Waals surface area (Å²) < 4.78 is 5.87. The van der Waals surface area contributed by atoms with Crippen LogP contribution in [0.25, 0.3) is 0 Å². The molecule has 112 valence electrons. The van der Waals surface area contributed by atoms with Crippen LogP contribution < -0.4 is 10.1 Å². The fraction of sp³-hybridized carbons (Fsp3) is 0.412. The normalized spacial score (nSPS) is 10.9. The average molecular weight is 285 g/mol. The van der Waals surface area contributed by atoms with Gasteiger partial charge in [-0.3, -0.25) is 0 Å². The molecule has 1 N–H and O–H groups in total. The molecule has 0 amide bonds. The molecule has 0 unspecified atom stereocenters. The Hall–Kier alpha value is -1.94. The van der Waals surface area contributed by atoms with Gasteiger partial charge in [0.2, 0.25) is 0 Å². The summed E-state index contributed by atoms with van der Waals surface area (Å²) in [5.41, 5.74) is 3.21. The smallest absolute Gasteiger partial charge is 0.322 e. The van der Waals surface area contributed by atoms with Crippen molar-refractivity contribution in [1.29, 1.82) is 0 Å². The van der Waals surface area contributed by atoms with E-state index in [1.807, 2.05) is 31.3 Å². The van der Waals surface area contributed by atoms with Gasteiger partial charge in [0.15, 0.2) is 0 Å². The van der Waals surface area contributed by atoms with Gasteiger partial charge in [-0.15, -0.1) is 0 Å². The van der Waals surface area contributed by atoms with Crippen molar-refractivity contribution in [3.05, 3.63) is 47.3 Å². The van der Waals surface area contributed by atoms with Gasteiger partial charge in [-0.05, 0) is 31.0 Å². The first-order valence-electron chi connectivity index (χ1n) is 7.41. The Morgan fingerprint density at radius 2 is 2.00 bits per heavy atom. The summed E-state index contributed by atoms with van der Waals surface area (Å²) in [4.78, 5) is 8.76. The topological polar surface area (TPSA) is 47.0 Å². The first-order valence-corrected chi connectivity index (χ1v) is 7.41. The van der Waals surface area contributed by atoms with Crippen molar-refractivity contribution in [2.24, 2.45) is 0 Å². The zero-order chi connectivity index (χ0) is 15.2. The third kappa shape index (κ3) is 4.02. The molecule has 0 fully saturated rings. The fourth-order valence-electron chi connectivity index (χ4n) is 2.10. The van der Waals surface area contributed by atoms with Crippen LogP contribution >= 0.6 is 0 Å². The predicted molar refractivity (Wildman–Crippen MR) is 84.8 cm³/mol. The quantitative estimate of drug-likeness (QED) is 0.876. The molecule has 4 nitrogen and oxygen atoms in total. The molecule has 0 saturated heterocycles. The highest BCUT2D eigenvalue weighted by molar-refractivity contribution is 5.37. The lowest BCUT2D eigenvalue weighted by atomic mass is 10.0. The van der Waals surface area contributed by atoms with Crippen LogP contribution in [0.3, 0.4) is 0 Å². The molecule has 1 aromatic heterocycles. The number of nitrogens with zero attached hydrogens (tertiary/aromatic N) is 2. The van der Waals surface area contributed by atoms with Gasteiger partial charge in [0, 0.05) is 24.0 Å². The average Bonchev–Trinajstić information content (AvgIpc) is 2.47. The molecule has 0 aliphatic carbocycles. The molecule has 0 aliphatic heterocycles. The van der Waals surface area contributed by atoms with Crippen LogP contribution in [0, 0.1) is 6.92 Å². The molecule has 0 radical (unpaired) electrons. The minimum absolute atomic E-state index is 0.398. The number of ether oxygens (including phenoxy) is 1. The van der Waals surface area contributed by atoms with Gasteiger partial charge in [0.1, 0.15) is 5.75 Å². The summed E-state index contributed by atoms with van der Waals surface area (Å²) in [6.45, 7) is 10.1. The van der Waals surface area contributed by atoms with E-state index in [0.29, 0.717) is 11.9 Å². The molecule has 0 bridgehead atoms. The van der Waals surface area contributed by atoms with Crippen LogP contribution in [-0.4, -0.2) is 16.5 Å². The van der Waals surface area contributed by atoms with Crippen LogP contribution in [0.2, 0.25) is 0 Å². The van der Waals surface area contributed by atoms with Crippen molar-refractivity contribution in [3.63, 3.8) is 0 Å². The highest BCUT2D eigenvalue weighted by atomic mass is 16.5. The van der Waals surface area contributed by atoms with E-state index in [4.69, 9.17) is 4.74 Å². The maximum absolute atomic E-state index is 5.87. The summed E-state index contributed by atoms with van der Waals surface area (Å²) in [7, 11) is 0. The lowest BCUT2D eigenvalue weighted by molar-refractivity contribution is 0.431. The van der Waals surface area contributed by atoms with Gasteiger partial charge in [-0.1, -0.05) is 39.0 Å². The van der Waals surface area contributed by atoms with Crippen LogP contribution in [0.1, 0.15) is 43.5 Å². The Labute approximate surface area is 126 Å². The number of hydrogen-bond donors (Lipinski definition) is 1. The van der Waals surface area contributed by atoms with Crippen LogP contribution in [0.15, 0.2) is 30.5 Å². The van der Waals surface area contributed by atoms with Crippen molar-refractivity contribution in [1.82, 2.24) is 15.3 Å². The molecular weight excluding hydrogens is 262 g/mol. The van der Waals surface area contributed by atoms with E-state index >= 15 is 0 Å². The van der Waals surface area contributed by atoms with Gasteiger partial charge in [-0.2, -0.15) is 4.98 Å². The van der Waals surface area contributed by atoms with Crippen LogP contribution in [-0.2, 0) is 6.54 Å². The molecule has 0 atom stereocenters. The van der Waals surface area contributed by atoms with E-state index < -0.39 is 0 Å². The van der Waals surface area contributed by atoms with E-state index in [9.17, 15) is 0 Å². The van der Waals surface area contributed by atoms with Gasteiger partial charge in [0.25, 0.3) is 0 Å². The minimum Gasteiger partial charge on any atom is -0.424 e. The van der Waals surface area contributed by atoms with Gasteiger partial charge < -0.3 is 10.1 Å². The van der Waals surface area contributed by atoms with E-state index in [1.165, 1.54) is 0 Å². The van der Waals surface area contributed by atoms with Crippen molar-refractivity contribution < 1.29 is 4.74 Å². The van der Waals surface area contributed by atoms with E-state index in [1.54, 1.807) is 0 Å². The maximum Gasteiger partial charge on any atom is 0.322 e. The summed E-state index contributed by atoms with van der Waals surface area (Å²) in [5, 5.41) is 3.28. The first kappa shape index (κ1) is 15.4. The Kier molecular flexibility index (Phi) is 5.28. The molecule has 2 aromatic rings. The van der Waals surface area contributed by atoms with E-state index in [0.717, 1.165) is 35.7 Å². The molecule has 0 saturated carbocycles. The highest BCUT2D eigenvalue weighted by Gasteiger charge is 2.10. The Balaban J connectivity index is 2.19. The van der Waals surface area contributed by atoms with Crippen LogP contribution in [0.4, 0.5) is 0 Å². The molecule has 0 aliphatic rings. The van der Waals surface area contributed by atoms with E-state index in [2.05, 4.69) is 42.1 Å². The monoisotopic (exact) mass is 285 g/mol. The lowest BCUT2D eigenvalue weighted by Crippen LogP contribution is -2.13. The summed E-state index contributed by atoms with van der Waals surface area (Å²) in [5.74, 6) is 1.22. The van der Waals surface area contributed by atoms with Crippen molar-refractivity contribution in [2.45, 2.75) is 40.2 Å². The van der Waals surface area contributed by atoms with Gasteiger partial charge >= 0.3 is 6.01 Å². The number of rotatable bonds is 6. The molecule has 0 spiro atoms. The standard InChI is InChI=1S/C17H23N3O/c1-5-18-10-14-11-19-17(20-13(14)4)21-16-9-7-6-8-15(16)12(2)3/h6-9,11-12,18H,5,10H2,1-4H3. The third-order valence-electron chi connectivity index (χ3n) is 3.37. The SMILES string of the molecule is CCNCc1cnc(Oc2ccccc2C(C)C)nc1C. The van der Waals surface area contributed by atoms with Crippen LogP contribution in [0.5, 0.6) is 11.8 Å². The molecule has 4 heteroatoms. The molecule has 21 heavy (non-hydrogen) atoms. The molecule has 1 aromatic carbocycles. The van der Waals surface area contributed by atoms with Crippen molar-refractivity contribution in [2.75, 3.05) is 6.54 Å². The zero-order valence-electron chi connectivity index (χ0n) is 13.2. The minimum atomic E-state index is 0.398. The molecular formula is C17H23N3O. The third-order valence-corrected chi connectivity index (χ3v) is 3.37. The lowest BCUT2D eigenvalue weighted by Gasteiger charge is -2.13. The maximum atomic E-state index is 5.87. The number of aryl methyl sites for hydroxylation is 1. The number of benzene rings is 1. The molecule has 1 heterocycles. The van der Waals surface area contributed by atoms with Crippen molar-refractivity contribution >= 4 is 0 Å². The number of hydrogen-bond acceptors (Lipinski definition) is 4. The van der Waals surface area contributed by atoms with Gasteiger partial charge in [0.05, 0.1) is 0 Å². The number of nitrogens with one attached hydrogen (secondary N) is 1. The Morgan fingerprint density at radius 3 is 2.67 bits per heavy atom. The molecule has 2 rings (SSSR count). The Bertz CT molecular complexity index is 596. The zero-order valence-corrected chi connectivity index (χ0v) is 13.2. The van der Waals surface area contributed by atoms with Gasteiger partial charge in [-0.25, -0.2) is 4.98 Å². The van der Waals surface area contributed by atoms with E-state index in [-0.39, 0.29) is 0 Å². The summed E-state index contributed by atoms with van der Waals surface area (Å²) in [6.07, 6.45) is 1.83. The summed E-state index contributed by atoms with van der Waals surface area (Å²) >= 11 is 0. The predicted octanol–water partition coefficient (Wildman–Crippen LogP) is 3.81.